The minimum Gasteiger partial charge on any atom is -0.490 e. The second kappa shape index (κ2) is 15.1. The summed E-state index contributed by atoms with van der Waals surface area (Å²) in [4.78, 5) is 8.19. The van der Waals surface area contributed by atoms with Gasteiger partial charge >= 0.3 is 0 Å². The van der Waals surface area contributed by atoms with Crippen molar-refractivity contribution in [1.29, 1.82) is 0 Å². The zero-order valence-electron chi connectivity index (χ0n) is 24.2. The number of hydrogen-bond acceptors (Lipinski definition) is 6. The quantitative estimate of drug-likeness (QED) is 0.300. The fourth-order valence-corrected chi connectivity index (χ4v) is 4.23. The van der Waals surface area contributed by atoms with E-state index >= 15 is 0 Å². The molecule has 9 heteroatoms. The highest BCUT2D eigenvalue weighted by Crippen LogP contribution is 2.15. The number of benzene rings is 2. The molecule has 2 aliphatic heterocycles. The molecule has 0 spiro atoms. The second-order valence-corrected chi connectivity index (χ2v) is 10.5. The van der Waals surface area contributed by atoms with Crippen molar-refractivity contribution in [2.24, 2.45) is 0 Å². The number of aryl methyl sites for hydroxylation is 1. The lowest BCUT2D eigenvalue weighted by atomic mass is 10.1. The molecule has 2 aromatic heterocycles. The van der Waals surface area contributed by atoms with Gasteiger partial charge in [0.15, 0.2) is 0 Å². The Bertz CT molecular complexity index is 1550. The van der Waals surface area contributed by atoms with Crippen LogP contribution in [0.2, 0.25) is 0 Å². The molecule has 224 valence electrons. The van der Waals surface area contributed by atoms with Crippen LogP contribution in [-0.2, 0) is 0 Å². The van der Waals surface area contributed by atoms with Crippen molar-refractivity contribution in [3.8, 4) is 35.2 Å². The molecule has 2 atom stereocenters. The summed E-state index contributed by atoms with van der Waals surface area (Å²) in [6.07, 6.45) is 8.80. The van der Waals surface area contributed by atoms with Crippen molar-refractivity contribution in [3.63, 3.8) is 0 Å². The number of rotatable bonds is 6. The Morgan fingerprint density at radius 2 is 1.05 bits per heavy atom. The largest absolute Gasteiger partial charge is 0.490 e. The Hall–Kier alpha value is -4.83. The minimum atomic E-state index is -0.646. The van der Waals surface area contributed by atoms with Crippen LogP contribution in [-0.4, -0.2) is 48.4 Å². The molecule has 0 amide bonds. The third-order valence-electron chi connectivity index (χ3n) is 6.79. The maximum atomic E-state index is 13.3. The first-order valence-electron chi connectivity index (χ1n) is 14.3. The van der Waals surface area contributed by atoms with Crippen LogP contribution in [0, 0.1) is 48.1 Å². The van der Waals surface area contributed by atoms with Crippen LogP contribution in [0.1, 0.15) is 40.7 Å². The summed E-state index contributed by atoms with van der Waals surface area (Å²) in [5.74, 6) is 11.3. The standard InChI is InChI=1S/C18H17FN2O.C17H14F2N2O/c1-13-6-14(8-16(19)7-13)2-3-15-9-18(11-20-10-15)22-12-17-4-5-21-17;18-14-5-12(6-15(19)8-14)1-2-13-7-17(10-20-9-13)22-11-16-3-4-21-16/h6-11,17,21H,4-5,12H2,1H3;5-10,16,21H,3-4,11H2. The molecule has 0 saturated carbocycles. The van der Waals surface area contributed by atoms with Gasteiger partial charge in [-0.1, -0.05) is 23.7 Å². The number of nitrogens with zero attached hydrogens (tertiary/aromatic N) is 2. The van der Waals surface area contributed by atoms with E-state index in [1.807, 2.05) is 19.1 Å². The number of hydrogen-bond donors (Lipinski definition) is 2. The van der Waals surface area contributed by atoms with Crippen LogP contribution in [0.5, 0.6) is 11.5 Å². The van der Waals surface area contributed by atoms with Crippen molar-refractivity contribution in [3.05, 3.63) is 119 Å². The van der Waals surface area contributed by atoms with Crippen molar-refractivity contribution in [1.82, 2.24) is 20.6 Å². The number of aromatic nitrogens is 2. The van der Waals surface area contributed by atoms with E-state index in [0.717, 1.165) is 43.1 Å². The Kier molecular flexibility index (Phi) is 10.5. The van der Waals surface area contributed by atoms with Crippen LogP contribution in [0.3, 0.4) is 0 Å². The molecule has 2 aromatic carbocycles. The lowest BCUT2D eigenvalue weighted by Gasteiger charge is -2.27. The van der Waals surface area contributed by atoms with Crippen molar-refractivity contribution in [2.75, 3.05) is 26.3 Å². The smallest absolute Gasteiger partial charge is 0.138 e. The summed E-state index contributed by atoms with van der Waals surface area (Å²) in [6.45, 7) is 5.17. The summed E-state index contributed by atoms with van der Waals surface area (Å²) >= 11 is 0. The van der Waals surface area contributed by atoms with Crippen LogP contribution in [0.25, 0.3) is 0 Å². The molecule has 2 N–H and O–H groups in total. The average Bonchev–Trinajstić information content (AvgIpc) is 2.93. The molecular weight excluding hydrogens is 565 g/mol. The Morgan fingerprint density at radius 3 is 1.48 bits per heavy atom. The highest BCUT2D eigenvalue weighted by atomic mass is 19.1. The summed E-state index contributed by atoms with van der Waals surface area (Å²) in [6, 6.07) is 12.4. The summed E-state index contributed by atoms with van der Waals surface area (Å²) in [5.41, 5.74) is 3.17. The van der Waals surface area contributed by atoms with Gasteiger partial charge in [-0.3, -0.25) is 9.97 Å². The van der Waals surface area contributed by atoms with E-state index in [2.05, 4.69) is 44.3 Å². The van der Waals surface area contributed by atoms with Crippen LogP contribution < -0.4 is 20.1 Å². The van der Waals surface area contributed by atoms with Gasteiger partial charge in [0.1, 0.15) is 42.2 Å². The van der Waals surface area contributed by atoms with E-state index in [9.17, 15) is 13.2 Å². The van der Waals surface area contributed by atoms with Gasteiger partial charge in [-0.25, -0.2) is 13.2 Å². The molecule has 2 saturated heterocycles. The molecule has 0 radical (unpaired) electrons. The van der Waals surface area contributed by atoms with Crippen molar-refractivity contribution in [2.45, 2.75) is 31.8 Å². The number of halogens is 3. The third kappa shape index (κ3) is 9.60. The fourth-order valence-electron chi connectivity index (χ4n) is 4.23. The molecule has 0 aliphatic carbocycles. The van der Waals surface area contributed by atoms with Crippen LogP contribution >= 0.6 is 0 Å². The van der Waals surface area contributed by atoms with Crippen LogP contribution in [0.15, 0.2) is 73.3 Å². The zero-order chi connectivity index (χ0) is 30.7. The van der Waals surface area contributed by atoms with Gasteiger partial charge in [0.05, 0.1) is 12.4 Å². The first-order valence-corrected chi connectivity index (χ1v) is 14.3. The fraction of sp³-hybridized carbons (Fsp3) is 0.257. The molecule has 2 unspecified atom stereocenters. The highest BCUT2D eigenvalue weighted by molar-refractivity contribution is 5.45. The molecular formula is C35H31F3N4O2. The van der Waals surface area contributed by atoms with E-state index in [4.69, 9.17) is 9.47 Å². The molecule has 44 heavy (non-hydrogen) atoms. The molecule has 4 heterocycles. The second-order valence-electron chi connectivity index (χ2n) is 10.5. The first kappa shape index (κ1) is 30.6. The van der Waals surface area contributed by atoms with Gasteiger partial charge < -0.3 is 20.1 Å². The van der Waals surface area contributed by atoms with E-state index in [1.165, 1.54) is 24.3 Å². The topological polar surface area (TPSA) is 68.3 Å². The van der Waals surface area contributed by atoms with Gasteiger partial charge in [0, 0.05) is 52.8 Å². The number of pyridine rings is 2. The van der Waals surface area contributed by atoms with Gasteiger partial charge in [-0.2, -0.15) is 0 Å². The average molecular weight is 597 g/mol. The number of ether oxygens (including phenoxy) is 2. The maximum Gasteiger partial charge on any atom is 0.138 e. The molecule has 2 fully saturated rings. The van der Waals surface area contributed by atoms with Gasteiger partial charge in [0.2, 0.25) is 0 Å². The SMILES string of the molecule is Cc1cc(F)cc(C#Cc2cncc(OCC3CCN3)c2)c1.Fc1cc(F)cc(C#Cc2cncc(OCC3CCN3)c2)c1. The van der Waals surface area contributed by atoms with Crippen molar-refractivity contribution >= 4 is 0 Å². The summed E-state index contributed by atoms with van der Waals surface area (Å²) < 4.78 is 50.8. The van der Waals surface area contributed by atoms with Gasteiger partial charge in [-0.15, -0.1) is 0 Å². The lowest BCUT2D eigenvalue weighted by Crippen LogP contribution is -2.46. The number of nitrogens with one attached hydrogen (secondary N) is 2. The molecule has 0 bridgehead atoms. The van der Waals surface area contributed by atoms with E-state index in [1.54, 1.807) is 30.9 Å². The summed E-state index contributed by atoms with van der Waals surface area (Å²) in [5, 5.41) is 6.52. The maximum absolute atomic E-state index is 13.3. The molecule has 4 aromatic rings. The third-order valence-corrected chi connectivity index (χ3v) is 6.79. The van der Waals surface area contributed by atoms with Crippen LogP contribution in [0.4, 0.5) is 13.2 Å². The van der Waals surface area contributed by atoms with E-state index in [-0.39, 0.29) is 11.4 Å². The zero-order valence-corrected chi connectivity index (χ0v) is 24.2. The van der Waals surface area contributed by atoms with Crippen molar-refractivity contribution < 1.29 is 22.6 Å². The van der Waals surface area contributed by atoms with Gasteiger partial charge in [0.25, 0.3) is 0 Å². The predicted molar refractivity (Wildman–Crippen MR) is 162 cm³/mol. The van der Waals surface area contributed by atoms with Gasteiger partial charge in [-0.05, 0) is 80.9 Å². The summed E-state index contributed by atoms with van der Waals surface area (Å²) in [7, 11) is 0. The molecule has 6 rings (SSSR count). The predicted octanol–water partition coefficient (Wildman–Crippen LogP) is 5.17. The Labute approximate surface area is 255 Å². The Balaban J connectivity index is 0.000000175. The normalized spacial score (nSPS) is 16.4. The van der Waals surface area contributed by atoms with E-state index in [0.29, 0.717) is 47.9 Å². The Morgan fingerprint density at radius 1 is 0.614 bits per heavy atom. The lowest BCUT2D eigenvalue weighted by molar-refractivity contribution is 0.217. The monoisotopic (exact) mass is 596 g/mol. The first-order chi connectivity index (χ1) is 21.4. The molecule has 2 aliphatic rings. The van der Waals surface area contributed by atoms with E-state index < -0.39 is 11.6 Å². The minimum absolute atomic E-state index is 0.271. The highest BCUT2D eigenvalue weighted by Gasteiger charge is 2.17. The molecule has 6 nitrogen and oxygen atoms in total.